The van der Waals surface area contributed by atoms with Gasteiger partial charge >= 0.3 is 0 Å². The van der Waals surface area contributed by atoms with E-state index in [1.54, 1.807) is 0 Å². The van der Waals surface area contributed by atoms with Crippen LogP contribution in [0.25, 0.3) is 75.2 Å². The van der Waals surface area contributed by atoms with Crippen molar-refractivity contribution in [1.29, 1.82) is 0 Å². The quantitative estimate of drug-likeness (QED) is 0.0954. The van der Waals surface area contributed by atoms with Gasteiger partial charge in [0.2, 0.25) is 0 Å². The molecule has 0 bridgehead atoms. The second-order valence-electron chi connectivity index (χ2n) is 20.3. The summed E-state index contributed by atoms with van der Waals surface area (Å²) in [5, 5.41) is 18.5. The molecule has 0 aliphatic rings. The van der Waals surface area contributed by atoms with E-state index in [0.717, 1.165) is 11.4 Å². The highest BCUT2D eigenvalue weighted by Crippen LogP contribution is 2.40. The maximum Gasteiger partial charge on any atom is 0.181 e. The van der Waals surface area contributed by atoms with Crippen molar-refractivity contribution in [3.63, 3.8) is 0 Å². The molecule has 3 heterocycles. The Hall–Kier alpha value is -9.11. The molecule has 0 amide bonds. The number of fused-ring (bicyclic) bond motifs is 9. The predicted molar refractivity (Wildman–Crippen MR) is 335 cm³/mol. The summed E-state index contributed by atoms with van der Waals surface area (Å²) in [5.41, 5.74) is 7.10. The van der Waals surface area contributed by atoms with Crippen LogP contribution in [0.1, 0.15) is 0 Å². The zero-order valence-corrected chi connectivity index (χ0v) is 45.0. The Balaban J connectivity index is 0.983. The molecule has 0 unspecified atom stereocenters. The molecule has 0 saturated heterocycles. The van der Waals surface area contributed by atoms with E-state index in [-0.39, 0.29) is 0 Å². The van der Waals surface area contributed by atoms with Gasteiger partial charge < -0.3 is 9.13 Å². The first-order chi connectivity index (χ1) is 38.2. The molecule has 0 spiro atoms. The number of aromatic nitrogens is 2. The van der Waals surface area contributed by atoms with Crippen molar-refractivity contribution in [2.75, 3.05) is 0 Å². The van der Waals surface area contributed by atoms with E-state index in [0.29, 0.717) is 0 Å². The van der Waals surface area contributed by atoms with E-state index >= 15 is 0 Å². The van der Waals surface area contributed by atoms with Crippen LogP contribution in [-0.2, 0) is 0 Å². The van der Waals surface area contributed by atoms with Gasteiger partial charge in [-0.25, -0.2) is 0 Å². The third-order valence-corrected chi connectivity index (χ3v) is 27.4. The lowest BCUT2D eigenvalue weighted by molar-refractivity contribution is 1.18. The molecule has 0 radical (unpaired) electrons. The normalized spacial score (nSPS) is 12.2. The van der Waals surface area contributed by atoms with Crippen molar-refractivity contribution >= 4 is 133 Å². The Kier molecular flexibility index (Phi) is 10.8. The topological polar surface area (TPSA) is 9.86 Å². The Morgan fingerprint density at radius 1 is 0.234 bits per heavy atom. The van der Waals surface area contributed by atoms with Crippen LogP contribution >= 0.6 is 11.3 Å². The molecule has 77 heavy (non-hydrogen) atoms. The standard InChI is InChI=1S/C72H50N2SSi2/c1-6-24-51(25-7-1)73-66-40-19-16-36-60(66)64-50-69-65(49-68(64)73)61-37-17-20-41-67(61)74(69)52-26-22-35-59(48-52)76(53-27-8-2-9-28-53,54-29-10-3-11-30-54)57-44-46-58(47-45-57)77(55-31-12-4-13-32-55,56-33-14-5-15-34-56)71-43-23-39-63-62-38-18-21-42-70(62)75-72(63)71/h1-50H. The molecule has 0 aliphatic heterocycles. The van der Waals surface area contributed by atoms with E-state index in [9.17, 15) is 0 Å². The highest BCUT2D eigenvalue weighted by molar-refractivity contribution is 7.30. The van der Waals surface area contributed by atoms with Gasteiger partial charge in [0.1, 0.15) is 0 Å². The fourth-order valence-electron chi connectivity index (χ4n) is 13.2. The highest BCUT2D eigenvalue weighted by Gasteiger charge is 2.45. The zero-order chi connectivity index (χ0) is 50.9. The van der Waals surface area contributed by atoms with Gasteiger partial charge in [0.15, 0.2) is 16.1 Å². The molecule has 0 saturated carbocycles. The molecule has 362 valence electrons. The van der Waals surface area contributed by atoms with Crippen LogP contribution in [0.2, 0.25) is 0 Å². The van der Waals surface area contributed by atoms with Gasteiger partial charge in [-0.3, -0.25) is 0 Å². The summed E-state index contributed by atoms with van der Waals surface area (Å²) in [6.45, 7) is 0. The minimum Gasteiger partial charge on any atom is -0.309 e. The molecule has 2 nitrogen and oxygen atoms in total. The van der Waals surface area contributed by atoms with Crippen molar-refractivity contribution in [3.8, 4) is 11.4 Å². The number of hydrogen-bond donors (Lipinski definition) is 0. The zero-order valence-electron chi connectivity index (χ0n) is 42.2. The predicted octanol–water partition coefficient (Wildman–Crippen LogP) is 13.0. The number of hydrogen-bond acceptors (Lipinski definition) is 1. The van der Waals surface area contributed by atoms with Crippen LogP contribution in [0.5, 0.6) is 0 Å². The molecule has 5 heteroatoms. The number of nitrogens with zero attached hydrogens (tertiary/aromatic N) is 2. The van der Waals surface area contributed by atoms with Crippen molar-refractivity contribution in [1.82, 2.24) is 9.13 Å². The van der Waals surface area contributed by atoms with E-state index < -0.39 is 16.1 Å². The number of benzene rings is 12. The third-order valence-electron chi connectivity index (χ3n) is 16.4. The molecule has 0 fully saturated rings. The minimum atomic E-state index is -3.08. The molecule has 3 aromatic heterocycles. The summed E-state index contributed by atoms with van der Waals surface area (Å²) in [5.74, 6) is 0. The Morgan fingerprint density at radius 3 is 1.16 bits per heavy atom. The fraction of sp³-hybridized carbons (Fsp3) is 0. The molecule has 12 aromatic carbocycles. The Morgan fingerprint density at radius 2 is 0.610 bits per heavy atom. The summed E-state index contributed by atoms with van der Waals surface area (Å²) in [4.78, 5) is 0. The summed E-state index contributed by atoms with van der Waals surface area (Å²) in [7, 11) is -6.06. The molecule has 0 aliphatic carbocycles. The number of rotatable bonds is 10. The molecule has 15 aromatic rings. The van der Waals surface area contributed by atoms with Crippen molar-refractivity contribution in [2.24, 2.45) is 0 Å². The average molecular weight is 1030 g/mol. The van der Waals surface area contributed by atoms with Crippen molar-refractivity contribution < 1.29 is 0 Å². The van der Waals surface area contributed by atoms with Gasteiger partial charge in [0, 0.05) is 53.1 Å². The van der Waals surface area contributed by atoms with Gasteiger partial charge in [0.25, 0.3) is 0 Å². The monoisotopic (exact) mass is 1030 g/mol. The maximum atomic E-state index is 2.53. The lowest BCUT2D eigenvalue weighted by Gasteiger charge is -2.37. The maximum absolute atomic E-state index is 3.08. The van der Waals surface area contributed by atoms with Crippen LogP contribution in [0.15, 0.2) is 303 Å². The Bertz CT molecular complexity index is 4580. The summed E-state index contributed by atoms with van der Waals surface area (Å²) < 4.78 is 7.65. The number of thiophene rings is 1. The Labute approximate surface area is 453 Å². The SMILES string of the molecule is c1ccc(-n2c3ccccc3c3cc4c(cc32)c2ccccc2n4-c2cccc([Si](c3ccccc3)(c3ccccc3)c3ccc([Si](c4ccccc4)(c4ccccc4)c4cccc5c4sc4ccccc45)cc3)c2)cc1. The molecular formula is C72H50N2SSi2. The van der Waals surface area contributed by atoms with Crippen molar-refractivity contribution in [2.45, 2.75) is 0 Å². The molecule has 0 N–H and O–H groups in total. The van der Waals surface area contributed by atoms with E-state index in [4.69, 9.17) is 0 Å². The van der Waals surface area contributed by atoms with E-state index in [2.05, 4.69) is 312 Å². The number of para-hydroxylation sites is 3. The van der Waals surface area contributed by atoms with Gasteiger partial charge in [-0.05, 0) is 96.1 Å². The first-order valence-corrected chi connectivity index (χ1v) is 31.4. The van der Waals surface area contributed by atoms with Crippen molar-refractivity contribution in [3.05, 3.63) is 303 Å². The van der Waals surface area contributed by atoms with Gasteiger partial charge in [0.05, 0.1) is 22.1 Å². The van der Waals surface area contributed by atoms with Gasteiger partial charge in [-0.1, -0.05) is 249 Å². The molecule has 0 atom stereocenters. The second kappa shape index (κ2) is 18.3. The first-order valence-electron chi connectivity index (χ1n) is 26.6. The van der Waals surface area contributed by atoms with Crippen LogP contribution in [-0.4, -0.2) is 25.3 Å². The van der Waals surface area contributed by atoms with Gasteiger partial charge in [-0.2, -0.15) is 0 Å². The molecular weight excluding hydrogens is 981 g/mol. The lowest BCUT2D eigenvalue weighted by atomic mass is 10.1. The third kappa shape index (κ3) is 6.91. The summed E-state index contributed by atoms with van der Waals surface area (Å²) in [6.07, 6.45) is 0. The lowest BCUT2D eigenvalue weighted by Crippen LogP contribution is -2.76. The largest absolute Gasteiger partial charge is 0.309 e. The van der Waals surface area contributed by atoms with Crippen LogP contribution in [0, 0.1) is 0 Å². The van der Waals surface area contributed by atoms with Crippen LogP contribution < -0.4 is 41.5 Å². The fourth-order valence-corrected chi connectivity index (χ4v) is 24.5. The smallest absolute Gasteiger partial charge is 0.181 e. The summed E-state index contributed by atoms with van der Waals surface area (Å²) in [6, 6.07) is 115. The van der Waals surface area contributed by atoms with E-state index in [1.807, 2.05) is 11.3 Å². The van der Waals surface area contributed by atoms with Gasteiger partial charge in [-0.15, -0.1) is 11.3 Å². The second-order valence-corrected chi connectivity index (χ2v) is 28.9. The highest BCUT2D eigenvalue weighted by atomic mass is 32.1. The van der Waals surface area contributed by atoms with E-state index in [1.165, 1.54) is 105 Å². The average Bonchev–Trinajstić information content (AvgIpc) is 4.40. The summed E-state index contributed by atoms with van der Waals surface area (Å²) >= 11 is 1.94. The van der Waals surface area contributed by atoms with Crippen LogP contribution in [0.4, 0.5) is 0 Å². The van der Waals surface area contributed by atoms with Crippen LogP contribution in [0.3, 0.4) is 0 Å². The molecule has 15 rings (SSSR count). The minimum absolute atomic E-state index is 1.15. The first kappa shape index (κ1) is 45.3.